The van der Waals surface area contributed by atoms with Gasteiger partial charge in [-0.1, -0.05) is 63.1 Å². The molecule has 4 aliphatic carbocycles. The third-order valence-corrected chi connectivity index (χ3v) is 9.50. The Hall–Kier alpha value is -0.900. The molecular formula is C28H44O3. The fourth-order valence-electron chi connectivity index (χ4n) is 7.02. The van der Waals surface area contributed by atoms with E-state index in [1.54, 1.807) is 5.57 Å². The summed E-state index contributed by atoms with van der Waals surface area (Å²) in [6.45, 7) is 9.07. The van der Waals surface area contributed by atoms with Crippen LogP contribution in [0.1, 0.15) is 85.5 Å². The van der Waals surface area contributed by atoms with E-state index in [4.69, 9.17) is 0 Å². The number of hydrogen-bond donors (Lipinski definition) is 3. The summed E-state index contributed by atoms with van der Waals surface area (Å²) in [5.41, 5.74) is 2.81. The second kappa shape index (κ2) is 8.80. The van der Waals surface area contributed by atoms with E-state index in [0.29, 0.717) is 41.9 Å². The van der Waals surface area contributed by atoms with Crippen LogP contribution in [0.2, 0.25) is 0 Å². The minimum absolute atomic E-state index is 0.245. The Bertz CT molecular complexity index is 743. The summed E-state index contributed by atoms with van der Waals surface area (Å²) in [7, 11) is 0. The van der Waals surface area contributed by atoms with E-state index in [-0.39, 0.29) is 11.5 Å². The average Bonchev–Trinajstić information content (AvgIpc) is 3.49. The summed E-state index contributed by atoms with van der Waals surface area (Å²) in [5.74, 6) is 2.32. The van der Waals surface area contributed by atoms with Crippen LogP contribution in [0.25, 0.3) is 0 Å². The highest BCUT2D eigenvalue weighted by Gasteiger charge is 2.50. The smallest absolute Gasteiger partial charge is 0.0749 e. The van der Waals surface area contributed by atoms with Crippen LogP contribution in [0.3, 0.4) is 0 Å². The van der Waals surface area contributed by atoms with E-state index in [1.807, 2.05) is 0 Å². The maximum absolute atomic E-state index is 10.5. The second-order valence-electron chi connectivity index (χ2n) is 11.9. The molecule has 174 valence electrons. The first-order chi connectivity index (χ1) is 14.6. The van der Waals surface area contributed by atoms with E-state index in [9.17, 15) is 15.3 Å². The predicted molar refractivity (Wildman–Crippen MR) is 126 cm³/mol. The predicted octanol–water partition coefficient (Wildman–Crippen LogP) is 5.56. The van der Waals surface area contributed by atoms with Crippen LogP contribution >= 0.6 is 0 Å². The third-order valence-electron chi connectivity index (χ3n) is 9.50. The van der Waals surface area contributed by atoms with E-state index < -0.39 is 12.2 Å². The van der Waals surface area contributed by atoms with Crippen LogP contribution in [-0.2, 0) is 0 Å². The maximum Gasteiger partial charge on any atom is 0.0749 e. The van der Waals surface area contributed by atoms with E-state index in [2.05, 4.69) is 52.0 Å². The van der Waals surface area contributed by atoms with Crippen molar-refractivity contribution in [2.24, 2.45) is 34.5 Å². The molecule has 3 heteroatoms. The Morgan fingerprint density at radius 2 is 1.74 bits per heavy atom. The largest absolute Gasteiger partial charge is 0.393 e. The molecule has 4 rings (SSSR count). The summed E-state index contributed by atoms with van der Waals surface area (Å²) in [4.78, 5) is 0. The van der Waals surface area contributed by atoms with Gasteiger partial charge >= 0.3 is 0 Å². The molecule has 3 N–H and O–H groups in total. The van der Waals surface area contributed by atoms with Crippen molar-refractivity contribution in [1.82, 2.24) is 0 Å². The molecule has 0 aromatic heterocycles. The lowest BCUT2D eigenvalue weighted by atomic mass is 9.61. The Balaban J connectivity index is 1.50. The van der Waals surface area contributed by atoms with Gasteiger partial charge in [-0.2, -0.15) is 0 Å². The van der Waals surface area contributed by atoms with Crippen LogP contribution in [-0.4, -0.2) is 33.6 Å². The molecule has 7 atom stereocenters. The maximum atomic E-state index is 10.5. The fraction of sp³-hybridized carbons (Fsp3) is 0.786. The van der Waals surface area contributed by atoms with Crippen molar-refractivity contribution < 1.29 is 15.3 Å². The van der Waals surface area contributed by atoms with Crippen LogP contribution in [0.5, 0.6) is 0 Å². The van der Waals surface area contributed by atoms with Gasteiger partial charge in [0.15, 0.2) is 0 Å². The summed E-state index contributed by atoms with van der Waals surface area (Å²) in [6.07, 6.45) is 17.5. The van der Waals surface area contributed by atoms with Crippen LogP contribution in [0.4, 0.5) is 0 Å². The summed E-state index contributed by atoms with van der Waals surface area (Å²) >= 11 is 0. The van der Waals surface area contributed by atoms with E-state index in [1.165, 1.54) is 50.5 Å². The molecular weight excluding hydrogens is 384 g/mol. The van der Waals surface area contributed by atoms with Crippen molar-refractivity contribution in [3.05, 3.63) is 35.5 Å². The quantitative estimate of drug-likeness (QED) is 0.502. The number of aliphatic hydroxyl groups is 3. The van der Waals surface area contributed by atoms with Gasteiger partial charge in [-0.3, -0.25) is 0 Å². The molecule has 0 heterocycles. The first kappa shape index (κ1) is 23.3. The molecule has 4 fully saturated rings. The van der Waals surface area contributed by atoms with Gasteiger partial charge in [0.1, 0.15) is 0 Å². The van der Waals surface area contributed by atoms with Gasteiger partial charge in [-0.25, -0.2) is 0 Å². The van der Waals surface area contributed by atoms with E-state index >= 15 is 0 Å². The fourth-order valence-corrected chi connectivity index (χ4v) is 7.02. The zero-order valence-electron chi connectivity index (χ0n) is 20.1. The van der Waals surface area contributed by atoms with Crippen molar-refractivity contribution >= 4 is 0 Å². The lowest BCUT2D eigenvalue weighted by Gasteiger charge is -2.44. The number of fused-ring (bicyclic) bond motifs is 1. The van der Waals surface area contributed by atoms with Gasteiger partial charge in [0.25, 0.3) is 0 Å². The first-order valence-electron chi connectivity index (χ1n) is 12.8. The van der Waals surface area contributed by atoms with Gasteiger partial charge in [-0.15, -0.1) is 0 Å². The van der Waals surface area contributed by atoms with Crippen LogP contribution in [0, 0.1) is 34.5 Å². The van der Waals surface area contributed by atoms with Gasteiger partial charge < -0.3 is 15.3 Å². The monoisotopic (exact) mass is 428 g/mol. The van der Waals surface area contributed by atoms with Crippen molar-refractivity contribution in [3.8, 4) is 0 Å². The standard InChI is InChI=1S/C28H44O3/c1-18(7-14-25(30)20-8-9-20)23-12-13-24-19(6-5-15-28(23,24)4)10-11-21-16-22(29)17-26(31)27(21,2)3/h7,10-11,14,18,20,22-26,29-31H,5-6,8-9,12-13,15-17H2,1-4H3/b14-7+,19-10+,21-11+/t18-,22+,23?,24-,25+,26-,28+/m0/s1. The number of allylic oxidation sites excluding steroid dienone is 4. The minimum Gasteiger partial charge on any atom is -0.393 e. The summed E-state index contributed by atoms with van der Waals surface area (Å²) in [6, 6.07) is 0. The van der Waals surface area contributed by atoms with Gasteiger partial charge in [-0.05, 0) is 80.5 Å². The van der Waals surface area contributed by atoms with Crippen molar-refractivity contribution in [3.63, 3.8) is 0 Å². The molecule has 0 spiro atoms. The highest BCUT2D eigenvalue weighted by Crippen LogP contribution is 2.59. The Morgan fingerprint density at radius 3 is 2.45 bits per heavy atom. The minimum atomic E-state index is -0.480. The normalized spacial score (nSPS) is 42.8. The van der Waals surface area contributed by atoms with E-state index in [0.717, 1.165) is 0 Å². The van der Waals surface area contributed by atoms with Gasteiger partial charge in [0, 0.05) is 11.8 Å². The number of aliphatic hydroxyl groups excluding tert-OH is 3. The molecule has 1 unspecified atom stereocenters. The highest BCUT2D eigenvalue weighted by atomic mass is 16.3. The molecule has 31 heavy (non-hydrogen) atoms. The molecule has 0 amide bonds. The Morgan fingerprint density at radius 1 is 1.00 bits per heavy atom. The van der Waals surface area contributed by atoms with Crippen molar-refractivity contribution in [2.45, 2.75) is 104 Å². The zero-order valence-corrected chi connectivity index (χ0v) is 20.1. The second-order valence-corrected chi connectivity index (χ2v) is 11.9. The molecule has 3 nitrogen and oxygen atoms in total. The number of rotatable bonds is 5. The number of hydrogen-bond acceptors (Lipinski definition) is 3. The molecule has 4 saturated carbocycles. The Kier molecular flexibility index (Phi) is 6.60. The molecule has 4 aliphatic rings. The van der Waals surface area contributed by atoms with Crippen LogP contribution in [0.15, 0.2) is 35.5 Å². The lowest BCUT2D eigenvalue weighted by molar-refractivity contribution is -0.00659. The SMILES string of the molecule is C[C@@H](/C=C/[C@@H](O)C1CC1)C1CC[C@H]2/C(=C/C=C3\C[C@@H](O)C[C@H](O)C3(C)C)CCC[C@]12C. The topological polar surface area (TPSA) is 60.7 Å². The van der Waals surface area contributed by atoms with Crippen molar-refractivity contribution in [2.75, 3.05) is 0 Å². The molecule has 0 saturated heterocycles. The molecule has 0 radical (unpaired) electrons. The molecule has 0 aromatic rings. The molecule has 0 aliphatic heterocycles. The van der Waals surface area contributed by atoms with Crippen LogP contribution < -0.4 is 0 Å². The summed E-state index contributed by atoms with van der Waals surface area (Å²) in [5, 5.41) is 30.9. The summed E-state index contributed by atoms with van der Waals surface area (Å²) < 4.78 is 0. The Labute approximate surface area is 189 Å². The highest BCUT2D eigenvalue weighted by molar-refractivity contribution is 5.29. The average molecular weight is 429 g/mol. The third kappa shape index (κ3) is 4.61. The van der Waals surface area contributed by atoms with Gasteiger partial charge in [0.2, 0.25) is 0 Å². The molecule has 0 bridgehead atoms. The zero-order chi connectivity index (χ0) is 22.4. The first-order valence-corrected chi connectivity index (χ1v) is 12.8. The molecule has 0 aromatic carbocycles. The van der Waals surface area contributed by atoms with Crippen molar-refractivity contribution in [1.29, 1.82) is 0 Å². The van der Waals surface area contributed by atoms with Gasteiger partial charge in [0.05, 0.1) is 18.3 Å². The lowest BCUT2D eigenvalue weighted by Crippen LogP contribution is -2.40.